The number of para-hydroxylation sites is 3. The van der Waals surface area contributed by atoms with Crippen molar-refractivity contribution in [2.24, 2.45) is 11.7 Å². The molecule has 3 heterocycles. The van der Waals surface area contributed by atoms with Crippen LogP contribution in [0.1, 0.15) is 33.1 Å². The molecule has 0 radical (unpaired) electrons. The van der Waals surface area contributed by atoms with Crippen LogP contribution in [0.25, 0.3) is 33.2 Å². The molecule has 214 valence electrons. The maximum atomic E-state index is 13.8. The Balaban J connectivity index is 0.000000470. The Morgan fingerprint density at radius 3 is 2.42 bits per heavy atom. The Hall–Kier alpha value is -3.70. The van der Waals surface area contributed by atoms with Gasteiger partial charge in [0.15, 0.2) is 0 Å². The fraction of sp³-hybridized carbons (Fsp3) is 0.414. The average Bonchev–Trinajstić information content (AvgIpc) is 3.53. The molecule has 2 aromatic carbocycles. The smallest absolute Gasteiger partial charge is 0.475 e. The van der Waals surface area contributed by atoms with Gasteiger partial charge >= 0.3 is 12.1 Å². The summed E-state index contributed by atoms with van der Waals surface area (Å²) in [5, 5.41) is 8.16. The second kappa shape index (κ2) is 12.2. The predicted octanol–water partition coefficient (Wildman–Crippen LogP) is 5.20. The third-order valence-electron chi connectivity index (χ3n) is 6.75. The van der Waals surface area contributed by atoms with Crippen LogP contribution in [0.4, 0.5) is 13.2 Å². The van der Waals surface area contributed by atoms with Crippen molar-refractivity contribution in [3.05, 3.63) is 65.1 Å². The van der Waals surface area contributed by atoms with Crippen LogP contribution in [0.2, 0.25) is 0 Å². The van der Waals surface area contributed by atoms with Crippen molar-refractivity contribution in [3.63, 3.8) is 0 Å². The maximum absolute atomic E-state index is 13.8. The van der Waals surface area contributed by atoms with Crippen molar-refractivity contribution >= 4 is 27.9 Å². The van der Waals surface area contributed by atoms with Gasteiger partial charge < -0.3 is 24.7 Å². The first-order valence-corrected chi connectivity index (χ1v) is 13.2. The first-order chi connectivity index (χ1) is 19.0. The number of ether oxygens (including phenoxy) is 1. The number of rotatable bonds is 7. The van der Waals surface area contributed by atoms with E-state index in [0.717, 1.165) is 59.9 Å². The second-order valence-electron chi connectivity index (χ2n) is 10.4. The van der Waals surface area contributed by atoms with Crippen molar-refractivity contribution in [3.8, 4) is 11.3 Å². The molecule has 5 rings (SSSR count). The summed E-state index contributed by atoms with van der Waals surface area (Å²) in [5.74, 6) is -2.29. The van der Waals surface area contributed by atoms with Crippen LogP contribution in [0.15, 0.2) is 59.5 Å². The zero-order valence-electron chi connectivity index (χ0n) is 22.4. The molecule has 0 amide bonds. The van der Waals surface area contributed by atoms with Gasteiger partial charge in [-0.15, -0.1) is 0 Å². The molecule has 0 bridgehead atoms. The van der Waals surface area contributed by atoms with Crippen LogP contribution in [-0.2, 0) is 22.6 Å². The average molecular weight is 559 g/mol. The van der Waals surface area contributed by atoms with E-state index in [1.807, 2.05) is 41.0 Å². The van der Waals surface area contributed by atoms with Gasteiger partial charge in [-0.1, -0.05) is 44.2 Å². The molecule has 0 saturated carbocycles. The highest BCUT2D eigenvalue weighted by Crippen LogP contribution is 2.30. The Bertz CT molecular complexity index is 1540. The highest BCUT2D eigenvalue weighted by Gasteiger charge is 2.38. The quantitative estimate of drug-likeness (QED) is 0.322. The molecule has 1 aliphatic rings. The molecule has 8 nitrogen and oxygen atoms in total. The minimum Gasteiger partial charge on any atom is -0.475 e. The van der Waals surface area contributed by atoms with Gasteiger partial charge in [-0.25, -0.2) is 9.78 Å². The molecule has 2 aromatic heterocycles. The first kappa shape index (κ1) is 29.3. The van der Waals surface area contributed by atoms with Crippen molar-refractivity contribution in [1.29, 1.82) is 0 Å². The minimum atomic E-state index is -5.08. The van der Waals surface area contributed by atoms with Crippen LogP contribution in [0, 0.1) is 5.92 Å². The summed E-state index contributed by atoms with van der Waals surface area (Å²) in [6.07, 6.45) is 0.229. The van der Waals surface area contributed by atoms with E-state index in [-0.39, 0.29) is 17.7 Å². The predicted molar refractivity (Wildman–Crippen MR) is 147 cm³/mol. The second-order valence-corrected chi connectivity index (χ2v) is 10.4. The molecule has 0 aliphatic carbocycles. The van der Waals surface area contributed by atoms with Crippen molar-refractivity contribution in [2.75, 3.05) is 6.61 Å². The number of hydrogen-bond donors (Lipinski definition) is 2. The molecule has 0 spiro atoms. The van der Waals surface area contributed by atoms with Crippen LogP contribution < -0.4 is 11.3 Å². The number of aromatic nitrogens is 3. The Morgan fingerprint density at radius 2 is 1.80 bits per heavy atom. The van der Waals surface area contributed by atoms with E-state index in [9.17, 15) is 18.0 Å². The lowest BCUT2D eigenvalue weighted by Gasteiger charge is -2.18. The Kier molecular flexibility index (Phi) is 8.95. The molecule has 3 N–H and O–H groups in total. The third-order valence-corrected chi connectivity index (χ3v) is 6.75. The van der Waals surface area contributed by atoms with Crippen LogP contribution in [0.3, 0.4) is 0 Å². The lowest BCUT2D eigenvalue weighted by molar-refractivity contribution is -0.192. The van der Waals surface area contributed by atoms with Gasteiger partial charge in [-0.05, 0) is 43.4 Å². The minimum absolute atomic E-state index is 0.0899. The molecule has 4 aromatic rings. The third kappa shape index (κ3) is 6.71. The lowest BCUT2D eigenvalue weighted by Crippen LogP contribution is -2.34. The number of alkyl halides is 3. The van der Waals surface area contributed by atoms with E-state index in [1.54, 1.807) is 0 Å². The van der Waals surface area contributed by atoms with Gasteiger partial charge in [0.2, 0.25) is 0 Å². The monoisotopic (exact) mass is 558 g/mol. The van der Waals surface area contributed by atoms with E-state index >= 15 is 0 Å². The largest absolute Gasteiger partial charge is 0.490 e. The summed E-state index contributed by atoms with van der Waals surface area (Å²) in [6.45, 7) is 6.39. The molecular formula is C29H33F3N4O4. The summed E-state index contributed by atoms with van der Waals surface area (Å²) in [6, 6.07) is 16.0. The Labute approximate surface area is 229 Å². The van der Waals surface area contributed by atoms with E-state index < -0.39 is 12.1 Å². The maximum Gasteiger partial charge on any atom is 0.490 e. The fourth-order valence-electron chi connectivity index (χ4n) is 5.06. The lowest BCUT2D eigenvalue weighted by atomic mass is 10.0. The van der Waals surface area contributed by atoms with Gasteiger partial charge in [-0.3, -0.25) is 4.79 Å². The van der Waals surface area contributed by atoms with Gasteiger partial charge in [0.05, 0.1) is 17.1 Å². The molecule has 1 fully saturated rings. The van der Waals surface area contributed by atoms with E-state index in [4.69, 9.17) is 25.4 Å². The highest BCUT2D eigenvalue weighted by molar-refractivity contribution is 5.96. The summed E-state index contributed by atoms with van der Waals surface area (Å²) in [7, 11) is 0. The van der Waals surface area contributed by atoms with Crippen molar-refractivity contribution in [2.45, 2.75) is 64.5 Å². The number of carboxylic acid groups (broad SMARTS) is 1. The summed E-state index contributed by atoms with van der Waals surface area (Å²) >= 11 is 0. The molecule has 1 saturated heterocycles. The SMILES string of the molecule is CC(C)CC(N)Cn1c(=O)c(-c2cn(CC3CCCO3)c3ccccc23)nc2ccccc21.O=C(O)C(F)(F)F. The van der Waals surface area contributed by atoms with E-state index in [1.165, 1.54) is 0 Å². The first-order valence-electron chi connectivity index (χ1n) is 13.2. The standard InChI is InChI=1S/C27H32N4O2.C2HF3O2/c1-18(2)14-19(28)15-31-25-12-6-4-10-23(25)29-26(27(31)32)22-17-30(16-20-8-7-13-33-20)24-11-5-3-9-21(22)24;3-2(4,5)1(6)7/h3-6,9-12,17-20H,7-8,13-16,28H2,1-2H3;(H,6,7). The summed E-state index contributed by atoms with van der Waals surface area (Å²) in [5.41, 5.74) is 10.4. The van der Waals surface area contributed by atoms with Crippen LogP contribution in [-0.4, -0.2) is 50.1 Å². The number of halogens is 3. The number of benzene rings is 2. The molecule has 2 unspecified atom stereocenters. The molecular weight excluding hydrogens is 525 g/mol. The van der Waals surface area contributed by atoms with Gasteiger partial charge in [0.1, 0.15) is 5.69 Å². The molecule has 40 heavy (non-hydrogen) atoms. The summed E-state index contributed by atoms with van der Waals surface area (Å²) < 4.78 is 41.6. The highest BCUT2D eigenvalue weighted by atomic mass is 19.4. The number of fused-ring (bicyclic) bond motifs is 2. The number of carbonyl (C=O) groups is 1. The summed E-state index contributed by atoms with van der Waals surface area (Å²) in [4.78, 5) is 27.6. The number of aliphatic carboxylic acids is 1. The van der Waals surface area contributed by atoms with Crippen molar-refractivity contribution in [1.82, 2.24) is 14.1 Å². The number of nitrogens with two attached hydrogens (primary N) is 1. The molecule has 1 aliphatic heterocycles. The van der Waals surface area contributed by atoms with Gasteiger partial charge in [-0.2, -0.15) is 13.2 Å². The number of hydrogen-bond acceptors (Lipinski definition) is 5. The van der Waals surface area contributed by atoms with E-state index in [0.29, 0.717) is 18.2 Å². The molecule has 2 atom stereocenters. The number of carboxylic acids is 1. The van der Waals surface area contributed by atoms with Gasteiger partial charge in [0, 0.05) is 48.4 Å². The van der Waals surface area contributed by atoms with Crippen LogP contribution in [0.5, 0.6) is 0 Å². The van der Waals surface area contributed by atoms with Crippen LogP contribution >= 0.6 is 0 Å². The topological polar surface area (TPSA) is 112 Å². The van der Waals surface area contributed by atoms with Gasteiger partial charge in [0.25, 0.3) is 5.56 Å². The van der Waals surface area contributed by atoms with E-state index in [2.05, 4.69) is 36.7 Å². The fourth-order valence-corrected chi connectivity index (χ4v) is 5.06. The number of nitrogens with zero attached hydrogens (tertiary/aromatic N) is 3. The molecule has 11 heteroatoms. The Morgan fingerprint density at radius 1 is 1.15 bits per heavy atom. The van der Waals surface area contributed by atoms with Crippen molar-refractivity contribution < 1.29 is 27.8 Å². The normalized spacial score (nSPS) is 16.3. The zero-order chi connectivity index (χ0) is 29.0. The zero-order valence-corrected chi connectivity index (χ0v) is 22.4.